The smallest absolute Gasteiger partial charge is 0.407 e. The lowest BCUT2D eigenvalue weighted by molar-refractivity contribution is 0.00678. The molecule has 0 atom stereocenters. The Morgan fingerprint density at radius 3 is 2.36 bits per heavy atom. The summed E-state index contributed by atoms with van der Waals surface area (Å²) in [5, 5.41) is 5.18. The van der Waals surface area contributed by atoms with Crippen LogP contribution >= 0.6 is 23.2 Å². The van der Waals surface area contributed by atoms with Crippen LogP contribution in [-0.4, -0.2) is 30.7 Å². The third kappa shape index (κ3) is 7.13. The maximum absolute atomic E-state index is 13.7. The fraction of sp³-hybridized carbons (Fsp3) is 0.500. The van der Waals surface area contributed by atoms with Crippen molar-refractivity contribution < 1.29 is 18.3 Å². The summed E-state index contributed by atoms with van der Waals surface area (Å²) < 4.78 is 32.3. The van der Waals surface area contributed by atoms with Crippen molar-refractivity contribution in [3.63, 3.8) is 0 Å². The van der Waals surface area contributed by atoms with Gasteiger partial charge in [-0.05, 0) is 39.0 Å². The van der Waals surface area contributed by atoms with Crippen LogP contribution in [0.4, 0.5) is 19.3 Å². The van der Waals surface area contributed by atoms with E-state index in [1.165, 1.54) is 18.2 Å². The topological polar surface area (TPSA) is 50.4 Å². The largest absolute Gasteiger partial charge is 0.444 e. The van der Waals surface area contributed by atoms with Crippen LogP contribution in [0.3, 0.4) is 0 Å². The summed E-state index contributed by atoms with van der Waals surface area (Å²) in [6.07, 6.45) is -0.887. The molecule has 0 unspecified atom stereocenters. The van der Waals surface area contributed by atoms with Crippen LogP contribution in [0.15, 0.2) is 18.2 Å². The molecule has 0 saturated heterocycles. The number of halogens is 4. The zero-order valence-corrected chi connectivity index (χ0v) is 14.0. The van der Waals surface area contributed by atoms with Gasteiger partial charge in [0.25, 0.3) is 5.92 Å². The number of alkyl carbamates (subject to hydrolysis) is 1. The van der Waals surface area contributed by atoms with E-state index in [4.69, 9.17) is 27.9 Å². The van der Waals surface area contributed by atoms with Gasteiger partial charge in [-0.15, -0.1) is 0 Å². The van der Waals surface area contributed by atoms with Crippen molar-refractivity contribution in [2.24, 2.45) is 0 Å². The van der Waals surface area contributed by atoms with Gasteiger partial charge < -0.3 is 15.4 Å². The van der Waals surface area contributed by atoms with Crippen LogP contribution in [0, 0.1) is 0 Å². The summed E-state index contributed by atoms with van der Waals surface area (Å²) in [6, 6.07) is 4.48. The molecule has 1 aromatic carbocycles. The zero-order valence-electron chi connectivity index (χ0n) is 12.5. The Balaban J connectivity index is 2.46. The second-order valence-electron chi connectivity index (χ2n) is 5.69. The second-order valence-corrected chi connectivity index (χ2v) is 6.51. The lowest BCUT2D eigenvalue weighted by atomic mass is 10.2. The van der Waals surface area contributed by atoms with Gasteiger partial charge in [0, 0.05) is 5.69 Å². The van der Waals surface area contributed by atoms with Gasteiger partial charge in [0.15, 0.2) is 0 Å². The molecule has 4 nitrogen and oxygen atoms in total. The van der Waals surface area contributed by atoms with Crippen LogP contribution in [0.5, 0.6) is 0 Å². The maximum Gasteiger partial charge on any atom is 0.407 e. The van der Waals surface area contributed by atoms with E-state index in [-0.39, 0.29) is 5.02 Å². The van der Waals surface area contributed by atoms with Gasteiger partial charge in [0.05, 0.1) is 23.1 Å². The molecular weight excluding hydrogens is 337 g/mol. The molecule has 0 aromatic heterocycles. The van der Waals surface area contributed by atoms with Gasteiger partial charge in [-0.3, -0.25) is 0 Å². The normalized spacial score (nSPS) is 12.0. The standard InChI is InChI=1S/C14H18Cl2F2N2O2/c1-13(2,3)22-12(21)20-8-14(17,18)7-19-9-4-5-10(15)11(16)6-9/h4-6,19H,7-8H2,1-3H3,(H,20,21). The molecule has 1 aromatic rings. The Kier molecular flexibility index (Phi) is 6.26. The van der Waals surface area contributed by atoms with E-state index in [9.17, 15) is 13.6 Å². The molecule has 0 saturated carbocycles. The van der Waals surface area contributed by atoms with Gasteiger partial charge in [-0.2, -0.15) is 0 Å². The number of hydrogen-bond donors (Lipinski definition) is 2. The van der Waals surface area contributed by atoms with Crippen molar-refractivity contribution in [1.82, 2.24) is 5.32 Å². The highest BCUT2D eigenvalue weighted by molar-refractivity contribution is 6.42. The van der Waals surface area contributed by atoms with Crippen LogP contribution in [-0.2, 0) is 4.74 Å². The molecule has 0 aliphatic rings. The number of carbonyl (C=O) groups is 1. The number of rotatable bonds is 5. The predicted molar refractivity (Wildman–Crippen MR) is 84.1 cm³/mol. The van der Waals surface area contributed by atoms with E-state index < -0.39 is 30.7 Å². The zero-order chi connectivity index (χ0) is 17.0. The molecule has 1 rings (SSSR count). The van der Waals surface area contributed by atoms with Crippen LogP contribution in [0.2, 0.25) is 10.0 Å². The molecule has 8 heteroatoms. The third-order valence-corrected chi connectivity index (χ3v) is 3.10. The summed E-state index contributed by atoms with van der Waals surface area (Å²) in [5.41, 5.74) is -0.330. The van der Waals surface area contributed by atoms with E-state index in [0.29, 0.717) is 10.7 Å². The molecule has 0 radical (unpaired) electrons. The van der Waals surface area contributed by atoms with Crippen LogP contribution in [0.1, 0.15) is 20.8 Å². The number of benzene rings is 1. The fourth-order valence-corrected chi connectivity index (χ4v) is 1.71. The van der Waals surface area contributed by atoms with E-state index in [2.05, 4.69) is 5.32 Å². The van der Waals surface area contributed by atoms with Crippen LogP contribution in [0.25, 0.3) is 0 Å². The van der Waals surface area contributed by atoms with Crippen molar-refractivity contribution >= 4 is 35.0 Å². The van der Waals surface area contributed by atoms with E-state index in [1.807, 2.05) is 5.32 Å². The van der Waals surface area contributed by atoms with Gasteiger partial charge in [0.2, 0.25) is 0 Å². The number of hydrogen-bond acceptors (Lipinski definition) is 3. The Hall–Kier alpha value is -1.27. The average molecular weight is 355 g/mol. The highest BCUT2D eigenvalue weighted by atomic mass is 35.5. The van der Waals surface area contributed by atoms with Crippen LogP contribution < -0.4 is 10.6 Å². The molecule has 0 heterocycles. The number of amides is 1. The Morgan fingerprint density at radius 2 is 1.82 bits per heavy atom. The number of carbonyl (C=O) groups excluding carboxylic acids is 1. The number of ether oxygens (including phenoxy) is 1. The van der Waals surface area contributed by atoms with Gasteiger partial charge in [-0.25, -0.2) is 13.6 Å². The number of alkyl halides is 2. The molecular formula is C14H18Cl2F2N2O2. The van der Waals surface area contributed by atoms with E-state index in [1.54, 1.807) is 20.8 Å². The molecule has 0 aliphatic heterocycles. The first-order valence-corrected chi connectivity index (χ1v) is 7.28. The highest BCUT2D eigenvalue weighted by Gasteiger charge is 2.30. The van der Waals surface area contributed by atoms with Gasteiger partial charge in [-0.1, -0.05) is 23.2 Å². The summed E-state index contributed by atoms with van der Waals surface area (Å²) in [7, 11) is 0. The first-order valence-electron chi connectivity index (χ1n) is 6.52. The highest BCUT2D eigenvalue weighted by Crippen LogP contribution is 2.25. The first-order chi connectivity index (χ1) is 9.98. The summed E-state index contributed by atoms with van der Waals surface area (Å²) in [6.45, 7) is 3.45. The Labute approximate surface area is 138 Å². The third-order valence-electron chi connectivity index (χ3n) is 2.36. The van der Waals surface area contributed by atoms with Crippen molar-refractivity contribution in [1.29, 1.82) is 0 Å². The molecule has 124 valence electrons. The monoisotopic (exact) mass is 354 g/mol. The average Bonchev–Trinajstić information content (AvgIpc) is 2.36. The SMILES string of the molecule is CC(C)(C)OC(=O)NCC(F)(F)CNc1ccc(Cl)c(Cl)c1. The lowest BCUT2D eigenvalue weighted by Gasteiger charge is -2.22. The quantitative estimate of drug-likeness (QED) is 0.814. The molecule has 1 amide bonds. The second kappa shape index (κ2) is 7.33. The van der Waals surface area contributed by atoms with E-state index in [0.717, 1.165) is 0 Å². The van der Waals surface area contributed by atoms with Crippen molar-refractivity contribution in [2.75, 3.05) is 18.4 Å². The molecule has 22 heavy (non-hydrogen) atoms. The minimum Gasteiger partial charge on any atom is -0.444 e. The first kappa shape index (κ1) is 18.8. The Bertz CT molecular complexity index is 534. The minimum atomic E-state index is -3.15. The number of anilines is 1. The minimum absolute atomic E-state index is 0.266. The summed E-state index contributed by atoms with van der Waals surface area (Å²) in [5.74, 6) is -3.15. The summed E-state index contributed by atoms with van der Waals surface area (Å²) in [4.78, 5) is 11.3. The molecule has 2 N–H and O–H groups in total. The fourth-order valence-electron chi connectivity index (χ4n) is 1.42. The van der Waals surface area contributed by atoms with Crippen molar-refractivity contribution in [3.8, 4) is 0 Å². The molecule has 0 aliphatic carbocycles. The van der Waals surface area contributed by atoms with E-state index >= 15 is 0 Å². The molecule has 0 fully saturated rings. The lowest BCUT2D eigenvalue weighted by Crippen LogP contribution is -2.43. The van der Waals surface area contributed by atoms with Gasteiger partial charge >= 0.3 is 6.09 Å². The number of nitrogens with one attached hydrogen (secondary N) is 2. The molecule has 0 bridgehead atoms. The maximum atomic E-state index is 13.7. The van der Waals surface area contributed by atoms with Crippen molar-refractivity contribution in [3.05, 3.63) is 28.2 Å². The predicted octanol–water partition coefficient (Wildman–Crippen LogP) is 4.57. The summed E-state index contributed by atoms with van der Waals surface area (Å²) >= 11 is 11.5. The van der Waals surface area contributed by atoms with Crippen molar-refractivity contribution in [2.45, 2.75) is 32.3 Å². The van der Waals surface area contributed by atoms with Gasteiger partial charge in [0.1, 0.15) is 5.60 Å². The molecule has 0 spiro atoms. The Morgan fingerprint density at radius 1 is 1.18 bits per heavy atom.